The lowest BCUT2D eigenvalue weighted by atomic mass is 10.1. The van der Waals surface area contributed by atoms with Crippen LogP contribution in [0.5, 0.6) is 5.75 Å². The Hall–Kier alpha value is -2.55. The molecule has 0 aromatic heterocycles. The third-order valence-corrected chi connectivity index (χ3v) is 2.08. The molecule has 1 amide bonds. The molecule has 0 spiro atoms. The van der Waals surface area contributed by atoms with E-state index in [4.69, 9.17) is 10.4 Å². The minimum absolute atomic E-state index is 0.0630. The van der Waals surface area contributed by atoms with Gasteiger partial charge in [0.2, 0.25) is 5.91 Å². The van der Waals surface area contributed by atoms with Gasteiger partial charge in [-0.3, -0.25) is 4.79 Å². The lowest BCUT2D eigenvalue weighted by Crippen LogP contribution is -2.13. The summed E-state index contributed by atoms with van der Waals surface area (Å²) in [5, 5.41) is 28.9. The first kappa shape index (κ1) is 12.5. The summed E-state index contributed by atoms with van der Waals surface area (Å²) in [7, 11) is 0. The molecule has 1 rings (SSSR count). The Bertz CT molecular complexity index is 517. The van der Waals surface area contributed by atoms with Gasteiger partial charge in [0.25, 0.3) is 0 Å². The Kier molecular flexibility index (Phi) is 3.67. The van der Waals surface area contributed by atoms with Crippen molar-refractivity contribution in [2.75, 3.05) is 5.32 Å². The first-order valence-corrected chi connectivity index (χ1v) is 4.69. The number of carbonyl (C=O) groups is 2. The van der Waals surface area contributed by atoms with Crippen LogP contribution in [0.1, 0.15) is 22.3 Å². The number of nitrogens with zero attached hydrogens (tertiary/aromatic N) is 1. The van der Waals surface area contributed by atoms with Crippen molar-refractivity contribution in [3.8, 4) is 11.8 Å². The first-order valence-electron chi connectivity index (χ1n) is 4.69. The highest BCUT2D eigenvalue weighted by atomic mass is 16.4. The molecule has 0 aliphatic rings. The van der Waals surface area contributed by atoms with E-state index in [1.807, 2.05) is 0 Å². The van der Waals surface area contributed by atoms with Crippen LogP contribution in [0.15, 0.2) is 12.1 Å². The summed E-state index contributed by atoms with van der Waals surface area (Å²) in [6.07, 6.45) is -0.362. The van der Waals surface area contributed by atoms with Crippen molar-refractivity contribution in [1.82, 2.24) is 0 Å². The highest BCUT2D eigenvalue weighted by molar-refractivity contribution is 6.01. The predicted molar refractivity (Wildman–Crippen MR) is 58.7 cm³/mol. The minimum Gasteiger partial charge on any atom is -0.508 e. The average Bonchev–Trinajstić information content (AvgIpc) is 2.23. The van der Waals surface area contributed by atoms with Gasteiger partial charge in [-0.1, -0.05) is 0 Å². The fraction of sp³-hybridized carbons (Fsp3) is 0.182. The number of rotatable bonds is 3. The third kappa shape index (κ3) is 2.95. The van der Waals surface area contributed by atoms with Gasteiger partial charge in [0, 0.05) is 0 Å². The molecular formula is C11H10N2O4. The topological polar surface area (TPSA) is 110 Å². The van der Waals surface area contributed by atoms with Gasteiger partial charge in [-0.15, -0.1) is 0 Å². The van der Waals surface area contributed by atoms with Gasteiger partial charge in [0.15, 0.2) is 0 Å². The lowest BCUT2D eigenvalue weighted by Gasteiger charge is -2.09. The summed E-state index contributed by atoms with van der Waals surface area (Å²) in [6.45, 7) is 1.57. The van der Waals surface area contributed by atoms with Crippen LogP contribution in [0.2, 0.25) is 0 Å². The van der Waals surface area contributed by atoms with Crippen LogP contribution in [0.4, 0.5) is 5.69 Å². The number of carboxylic acids is 1. The number of amides is 1. The molecule has 6 nitrogen and oxygen atoms in total. The number of hydrogen-bond donors (Lipinski definition) is 3. The Labute approximate surface area is 97.1 Å². The number of phenolic OH excluding ortho intramolecular Hbond substituents is 1. The molecule has 0 radical (unpaired) electrons. The van der Waals surface area contributed by atoms with Crippen molar-refractivity contribution in [2.24, 2.45) is 0 Å². The van der Waals surface area contributed by atoms with Crippen LogP contribution in [-0.4, -0.2) is 22.1 Å². The summed E-state index contributed by atoms with van der Waals surface area (Å²) >= 11 is 0. The van der Waals surface area contributed by atoms with Gasteiger partial charge in [0.1, 0.15) is 12.2 Å². The molecule has 0 saturated heterocycles. The SMILES string of the molecule is Cc1cc(NC(=O)CC#N)c(C(=O)O)cc1O. The van der Waals surface area contributed by atoms with Crippen molar-refractivity contribution in [2.45, 2.75) is 13.3 Å². The Balaban J connectivity index is 3.14. The van der Waals surface area contributed by atoms with Crippen molar-refractivity contribution in [3.63, 3.8) is 0 Å². The average molecular weight is 234 g/mol. The number of anilines is 1. The van der Waals surface area contributed by atoms with Crippen LogP contribution >= 0.6 is 0 Å². The molecule has 6 heteroatoms. The summed E-state index contributed by atoms with van der Waals surface area (Å²) < 4.78 is 0. The zero-order valence-corrected chi connectivity index (χ0v) is 9.02. The van der Waals surface area contributed by atoms with E-state index in [0.29, 0.717) is 5.56 Å². The largest absolute Gasteiger partial charge is 0.508 e. The molecule has 88 valence electrons. The van der Waals surface area contributed by atoms with E-state index in [9.17, 15) is 14.7 Å². The monoisotopic (exact) mass is 234 g/mol. The maximum atomic E-state index is 11.2. The number of carboxylic acid groups (broad SMARTS) is 1. The fourth-order valence-corrected chi connectivity index (χ4v) is 1.24. The standard InChI is InChI=1S/C11H10N2O4/c1-6-4-8(13-10(15)2-3-12)7(11(16)17)5-9(6)14/h4-5,14H,2H2,1H3,(H,13,15)(H,16,17). The van der Waals surface area contributed by atoms with E-state index >= 15 is 0 Å². The van der Waals surface area contributed by atoms with Crippen LogP contribution in [-0.2, 0) is 4.79 Å². The molecule has 1 aromatic carbocycles. The number of aryl methyl sites for hydroxylation is 1. The van der Waals surface area contributed by atoms with E-state index in [0.717, 1.165) is 6.07 Å². The van der Waals surface area contributed by atoms with Crippen LogP contribution in [0.3, 0.4) is 0 Å². The van der Waals surface area contributed by atoms with Crippen molar-refractivity contribution in [3.05, 3.63) is 23.3 Å². The molecular weight excluding hydrogens is 224 g/mol. The number of nitriles is 1. The van der Waals surface area contributed by atoms with E-state index in [1.54, 1.807) is 13.0 Å². The molecule has 0 aliphatic heterocycles. The minimum atomic E-state index is -1.27. The molecule has 0 aliphatic carbocycles. The van der Waals surface area contributed by atoms with Crippen LogP contribution in [0.25, 0.3) is 0 Å². The van der Waals surface area contributed by atoms with Gasteiger partial charge < -0.3 is 15.5 Å². The smallest absolute Gasteiger partial charge is 0.337 e. The number of carbonyl (C=O) groups excluding carboxylic acids is 1. The highest BCUT2D eigenvalue weighted by Gasteiger charge is 2.14. The zero-order valence-electron chi connectivity index (χ0n) is 9.02. The molecule has 0 unspecified atom stereocenters. The van der Waals surface area contributed by atoms with Gasteiger partial charge >= 0.3 is 5.97 Å². The molecule has 17 heavy (non-hydrogen) atoms. The Morgan fingerprint density at radius 3 is 2.65 bits per heavy atom. The number of aromatic carboxylic acids is 1. The second kappa shape index (κ2) is 4.99. The Morgan fingerprint density at radius 2 is 2.12 bits per heavy atom. The quantitative estimate of drug-likeness (QED) is 0.681. The second-order valence-corrected chi connectivity index (χ2v) is 3.37. The molecule has 0 fully saturated rings. The number of phenols is 1. The number of aromatic hydroxyl groups is 1. The summed E-state index contributed by atoms with van der Waals surface area (Å²) in [6, 6.07) is 4.05. The van der Waals surface area contributed by atoms with Crippen molar-refractivity contribution >= 4 is 17.6 Å². The molecule has 0 heterocycles. The van der Waals surface area contributed by atoms with Gasteiger partial charge in [-0.25, -0.2) is 4.79 Å². The highest BCUT2D eigenvalue weighted by Crippen LogP contribution is 2.25. The first-order chi connectivity index (χ1) is 7.95. The van der Waals surface area contributed by atoms with Crippen LogP contribution < -0.4 is 5.32 Å². The summed E-state index contributed by atoms with van der Waals surface area (Å²) in [5.41, 5.74) is 0.273. The second-order valence-electron chi connectivity index (χ2n) is 3.37. The lowest BCUT2D eigenvalue weighted by molar-refractivity contribution is -0.115. The third-order valence-electron chi connectivity index (χ3n) is 2.08. The Morgan fingerprint density at radius 1 is 1.47 bits per heavy atom. The summed E-state index contributed by atoms with van der Waals surface area (Å²) in [4.78, 5) is 22.1. The van der Waals surface area contributed by atoms with E-state index in [-0.39, 0.29) is 23.4 Å². The van der Waals surface area contributed by atoms with Crippen molar-refractivity contribution in [1.29, 1.82) is 5.26 Å². The maximum absolute atomic E-state index is 11.2. The van der Waals surface area contributed by atoms with E-state index in [1.165, 1.54) is 6.07 Å². The summed E-state index contributed by atoms with van der Waals surface area (Å²) in [5.74, 6) is -2.03. The van der Waals surface area contributed by atoms with Crippen molar-refractivity contribution < 1.29 is 19.8 Å². The predicted octanol–water partition coefficient (Wildman–Crippen LogP) is 1.25. The molecule has 3 N–H and O–H groups in total. The number of hydrogen-bond acceptors (Lipinski definition) is 4. The molecule has 1 aromatic rings. The molecule has 0 bridgehead atoms. The van der Waals surface area contributed by atoms with Crippen LogP contribution in [0, 0.1) is 18.3 Å². The van der Waals surface area contributed by atoms with Gasteiger partial charge in [-0.05, 0) is 24.6 Å². The maximum Gasteiger partial charge on any atom is 0.337 e. The number of benzene rings is 1. The number of nitrogens with one attached hydrogen (secondary N) is 1. The normalized spacial score (nSPS) is 9.41. The van der Waals surface area contributed by atoms with E-state index < -0.39 is 11.9 Å². The van der Waals surface area contributed by atoms with Gasteiger partial charge in [0.05, 0.1) is 17.3 Å². The molecule has 0 saturated carbocycles. The zero-order chi connectivity index (χ0) is 13.0. The fourth-order valence-electron chi connectivity index (χ4n) is 1.24. The van der Waals surface area contributed by atoms with Gasteiger partial charge in [-0.2, -0.15) is 5.26 Å². The van der Waals surface area contributed by atoms with E-state index in [2.05, 4.69) is 5.32 Å². The molecule has 0 atom stereocenters.